The molecule has 1 aromatic rings. The zero-order valence-corrected chi connectivity index (χ0v) is 8.71. The molecular weight excluding hydrogens is 204 g/mol. The minimum absolute atomic E-state index is 0.352. The Morgan fingerprint density at radius 1 is 1.57 bits per heavy atom. The first-order valence-electron chi connectivity index (χ1n) is 3.97. The van der Waals surface area contributed by atoms with Crippen LogP contribution >= 0.6 is 11.6 Å². The summed E-state index contributed by atoms with van der Waals surface area (Å²) in [7, 11) is 3.00. The summed E-state index contributed by atoms with van der Waals surface area (Å²) < 4.78 is 0. The third-order valence-corrected chi connectivity index (χ3v) is 1.92. The van der Waals surface area contributed by atoms with Crippen LogP contribution in [-0.2, 0) is 4.84 Å². The largest absolute Gasteiger partial charge is 0.345 e. The smallest absolute Gasteiger partial charge is 0.296 e. The fourth-order valence-electron chi connectivity index (χ4n) is 0.958. The van der Waals surface area contributed by atoms with Crippen molar-refractivity contribution in [3.8, 4) is 0 Å². The van der Waals surface area contributed by atoms with Crippen LogP contribution in [-0.4, -0.2) is 20.2 Å². The summed E-state index contributed by atoms with van der Waals surface area (Å²) in [5, 5.41) is 0.583. The van der Waals surface area contributed by atoms with Crippen molar-refractivity contribution in [2.24, 2.45) is 0 Å². The van der Waals surface area contributed by atoms with E-state index in [1.165, 1.54) is 12.0 Å². The molecule has 0 spiro atoms. The Hall–Kier alpha value is -1.26. The van der Waals surface area contributed by atoms with E-state index in [0.29, 0.717) is 10.7 Å². The van der Waals surface area contributed by atoms with E-state index in [2.05, 4.69) is 10.3 Å². The van der Waals surface area contributed by atoms with Crippen molar-refractivity contribution in [1.82, 2.24) is 5.48 Å². The number of amides is 2. The number of urea groups is 1. The van der Waals surface area contributed by atoms with Crippen LogP contribution in [0.2, 0.25) is 5.02 Å². The van der Waals surface area contributed by atoms with Crippen LogP contribution < -0.4 is 10.4 Å². The van der Waals surface area contributed by atoms with Crippen molar-refractivity contribution in [1.29, 1.82) is 0 Å². The number of hydrogen-bond acceptors (Lipinski definition) is 2. The molecule has 0 unspecified atom stereocenters. The van der Waals surface area contributed by atoms with Crippen molar-refractivity contribution < 1.29 is 9.63 Å². The maximum atomic E-state index is 11.3. The van der Waals surface area contributed by atoms with Gasteiger partial charge >= 0.3 is 6.03 Å². The molecule has 0 heterocycles. The Morgan fingerprint density at radius 3 is 2.86 bits per heavy atom. The van der Waals surface area contributed by atoms with Crippen LogP contribution in [0.5, 0.6) is 0 Å². The van der Waals surface area contributed by atoms with Crippen LogP contribution in [0.3, 0.4) is 0 Å². The minimum Gasteiger partial charge on any atom is -0.296 e. The van der Waals surface area contributed by atoms with Crippen LogP contribution in [0, 0.1) is 0 Å². The molecule has 0 saturated carbocycles. The third-order valence-electron chi connectivity index (χ3n) is 1.69. The lowest BCUT2D eigenvalue weighted by Gasteiger charge is -2.16. The van der Waals surface area contributed by atoms with Crippen LogP contribution in [0.25, 0.3) is 0 Å². The highest BCUT2D eigenvalue weighted by Crippen LogP contribution is 2.18. The highest BCUT2D eigenvalue weighted by atomic mass is 35.5. The number of carbonyl (C=O) groups excluding carboxylic acids is 1. The molecule has 0 aliphatic rings. The van der Waals surface area contributed by atoms with Gasteiger partial charge in [0.25, 0.3) is 0 Å². The maximum Gasteiger partial charge on any atom is 0.345 e. The molecule has 2 amide bonds. The van der Waals surface area contributed by atoms with Gasteiger partial charge in [-0.2, -0.15) is 0 Å². The Bertz CT molecular complexity index is 330. The first-order valence-corrected chi connectivity index (χ1v) is 4.35. The molecular formula is C9H11ClN2O2. The minimum atomic E-state index is -0.352. The van der Waals surface area contributed by atoms with Gasteiger partial charge in [0.1, 0.15) is 0 Å². The van der Waals surface area contributed by atoms with Crippen molar-refractivity contribution in [2.75, 3.05) is 19.1 Å². The van der Waals surface area contributed by atoms with Gasteiger partial charge in [0, 0.05) is 17.8 Å². The van der Waals surface area contributed by atoms with E-state index in [-0.39, 0.29) is 6.03 Å². The van der Waals surface area contributed by atoms with E-state index < -0.39 is 0 Å². The topological polar surface area (TPSA) is 41.6 Å². The predicted octanol–water partition coefficient (Wildman–Crippen LogP) is 2.05. The van der Waals surface area contributed by atoms with Gasteiger partial charge in [0.05, 0.1) is 7.11 Å². The zero-order valence-electron chi connectivity index (χ0n) is 7.95. The molecule has 0 atom stereocenters. The van der Waals surface area contributed by atoms with Gasteiger partial charge in [-0.1, -0.05) is 17.7 Å². The van der Waals surface area contributed by atoms with Gasteiger partial charge < -0.3 is 0 Å². The SMILES string of the molecule is CONC(=O)N(C)c1cccc(Cl)c1. The highest BCUT2D eigenvalue weighted by Gasteiger charge is 2.09. The lowest BCUT2D eigenvalue weighted by atomic mass is 10.3. The normalized spacial score (nSPS) is 9.64. The summed E-state index contributed by atoms with van der Waals surface area (Å²) in [5.41, 5.74) is 2.91. The van der Waals surface area contributed by atoms with Crippen LogP contribution in [0.15, 0.2) is 24.3 Å². The molecule has 5 heteroatoms. The highest BCUT2D eigenvalue weighted by molar-refractivity contribution is 6.30. The summed E-state index contributed by atoms with van der Waals surface area (Å²) in [5.74, 6) is 0. The maximum absolute atomic E-state index is 11.3. The number of nitrogens with one attached hydrogen (secondary N) is 1. The van der Waals surface area contributed by atoms with Crippen molar-refractivity contribution in [3.05, 3.63) is 29.3 Å². The second-order valence-corrected chi connectivity index (χ2v) is 3.09. The van der Waals surface area contributed by atoms with Crippen LogP contribution in [0.4, 0.5) is 10.5 Å². The number of anilines is 1. The van der Waals surface area contributed by atoms with Crippen molar-refractivity contribution >= 4 is 23.3 Å². The Balaban J connectivity index is 2.78. The molecule has 76 valence electrons. The molecule has 1 N–H and O–H groups in total. The lowest BCUT2D eigenvalue weighted by molar-refractivity contribution is 0.111. The van der Waals surface area contributed by atoms with E-state index in [0.717, 1.165) is 0 Å². The Morgan fingerprint density at radius 2 is 2.29 bits per heavy atom. The van der Waals surface area contributed by atoms with E-state index in [1.54, 1.807) is 31.3 Å². The Labute approximate surface area is 87.4 Å². The molecule has 0 saturated heterocycles. The monoisotopic (exact) mass is 214 g/mol. The van der Waals surface area contributed by atoms with Gasteiger partial charge in [-0.15, -0.1) is 0 Å². The molecule has 1 aromatic carbocycles. The number of hydroxylamine groups is 1. The fourth-order valence-corrected chi connectivity index (χ4v) is 1.14. The third kappa shape index (κ3) is 2.61. The molecule has 0 aliphatic heterocycles. The van der Waals surface area contributed by atoms with Gasteiger partial charge in [0.15, 0.2) is 0 Å². The fraction of sp³-hybridized carbons (Fsp3) is 0.222. The quantitative estimate of drug-likeness (QED) is 0.766. The summed E-state index contributed by atoms with van der Waals surface area (Å²) in [6.45, 7) is 0. The second-order valence-electron chi connectivity index (χ2n) is 2.65. The Kier molecular flexibility index (Phi) is 3.73. The van der Waals surface area contributed by atoms with Gasteiger partial charge in [0.2, 0.25) is 0 Å². The van der Waals surface area contributed by atoms with Gasteiger partial charge in [-0.25, -0.2) is 10.3 Å². The second kappa shape index (κ2) is 4.83. The number of benzene rings is 1. The van der Waals surface area contributed by atoms with Crippen molar-refractivity contribution in [2.45, 2.75) is 0 Å². The number of nitrogens with zero attached hydrogens (tertiary/aromatic N) is 1. The molecule has 0 fully saturated rings. The average molecular weight is 215 g/mol. The molecule has 0 aliphatic carbocycles. The zero-order chi connectivity index (χ0) is 10.6. The number of hydrogen-bond donors (Lipinski definition) is 1. The van der Waals surface area contributed by atoms with Gasteiger partial charge in [-0.3, -0.25) is 9.74 Å². The molecule has 14 heavy (non-hydrogen) atoms. The number of rotatable bonds is 2. The van der Waals surface area contributed by atoms with Crippen molar-refractivity contribution in [3.63, 3.8) is 0 Å². The molecule has 1 rings (SSSR count). The summed E-state index contributed by atoms with van der Waals surface area (Å²) in [4.78, 5) is 17.2. The predicted molar refractivity (Wildman–Crippen MR) is 55.4 cm³/mol. The van der Waals surface area contributed by atoms with Crippen LogP contribution in [0.1, 0.15) is 0 Å². The molecule has 0 aromatic heterocycles. The number of carbonyl (C=O) groups is 1. The summed E-state index contributed by atoms with van der Waals surface area (Å²) >= 11 is 5.78. The molecule has 4 nitrogen and oxygen atoms in total. The number of halogens is 1. The molecule has 0 bridgehead atoms. The molecule has 0 radical (unpaired) electrons. The summed E-state index contributed by atoms with van der Waals surface area (Å²) in [6, 6.07) is 6.63. The van der Waals surface area contributed by atoms with E-state index in [4.69, 9.17) is 11.6 Å². The van der Waals surface area contributed by atoms with Gasteiger partial charge in [-0.05, 0) is 18.2 Å². The van der Waals surface area contributed by atoms with E-state index in [9.17, 15) is 4.79 Å². The summed E-state index contributed by atoms with van der Waals surface area (Å²) in [6.07, 6.45) is 0. The first-order chi connectivity index (χ1) is 6.65. The first kappa shape index (κ1) is 10.8. The average Bonchev–Trinajstić information content (AvgIpc) is 2.17. The standard InChI is InChI=1S/C9H11ClN2O2/c1-12(9(13)11-14-2)8-5-3-4-7(10)6-8/h3-6H,1-2H3,(H,11,13). The van der Waals surface area contributed by atoms with E-state index in [1.807, 2.05) is 0 Å². The van der Waals surface area contributed by atoms with E-state index >= 15 is 0 Å². The lowest BCUT2D eigenvalue weighted by Crippen LogP contribution is -2.36.